The van der Waals surface area contributed by atoms with Crippen LogP contribution in [0.15, 0.2) is 47.6 Å². The number of aryl methyl sites for hydroxylation is 2. The van der Waals surface area contributed by atoms with Gasteiger partial charge in [0, 0.05) is 4.88 Å². The van der Waals surface area contributed by atoms with Gasteiger partial charge in [-0.3, -0.25) is 5.43 Å². The van der Waals surface area contributed by atoms with Gasteiger partial charge in [0.15, 0.2) is 11.5 Å². The third-order valence-corrected chi connectivity index (χ3v) is 5.16. The number of hydrazone groups is 1. The number of anilines is 1. The Kier molecular flexibility index (Phi) is 7.03. The molecule has 156 valence electrons. The quantitative estimate of drug-likeness (QED) is 0.241. The Balaban J connectivity index is 1.73. The van der Waals surface area contributed by atoms with Crippen LogP contribution in [0.3, 0.4) is 0 Å². The van der Waals surface area contributed by atoms with Crippen molar-refractivity contribution >= 4 is 28.7 Å². The van der Waals surface area contributed by atoms with Crippen molar-refractivity contribution in [2.45, 2.75) is 20.8 Å². The van der Waals surface area contributed by atoms with Crippen molar-refractivity contribution in [3.8, 4) is 17.2 Å². The molecule has 1 N–H and O–H groups in total. The van der Waals surface area contributed by atoms with Crippen molar-refractivity contribution in [1.82, 2.24) is 4.98 Å². The number of nitrogens with one attached hydrogen (secondary N) is 1. The molecule has 7 nitrogen and oxygen atoms in total. The minimum absolute atomic E-state index is 0.334. The van der Waals surface area contributed by atoms with E-state index in [1.54, 1.807) is 67.1 Å². The molecule has 1 heterocycles. The zero-order chi connectivity index (χ0) is 21.5. The number of hydrogen-bond acceptors (Lipinski definition) is 8. The zero-order valence-corrected chi connectivity index (χ0v) is 18.1. The Hall–Kier alpha value is -3.39. The lowest BCUT2D eigenvalue weighted by Crippen LogP contribution is -2.10. The van der Waals surface area contributed by atoms with E-state index in [2.05, 4.69) is 15.5 Å². The highest BCUT2D eigenvalue weighted by atomic mass is 32.1. The fourth-order valence-corrected chi connectivity index (χ4v) is 3.31. The van der Waals surface area contributed by atoms with E-state index in [0.717, 1.165) is 21.3 Å². The summed E-state index contributed by atoms with van der Waals surface area (Å²) >= 11 is 1.54. The number of hydrogen-bond donors (Lipinski definition) is 1. The molecule has 0 saturated heterocycles. The van der Waals surface area contributed by atoms with E-state index < -0.39 is 5.97 Å². The first-order valence-electron chi connectivity index (χ1n) is 9.36. The first-order chi connectivity index (χ1) is 14.5. The van der Waals surface area contributed by atoms with Gasteiger partial charge in [-0.15, -0.1) is 11.3 Å². The lowest BCUT2D eigenvalue weighted by Gasteiger charge is -2.11. The standard InChI is InChI=1S/C22H23N3O4S/c1-5-28-20-11-16(13-23-25-22-24-14(2)15(3)30-22)9-10-19(20)29-21(26)17-7-6-8-18(12-17)27-4/h6-13H,5H2,1-4H3,(H,24,25). The number of ether oxygens (including phenoxy) is 3. The molecule has 0 fully saturated rings. The van der Waals surface area contributed by atoms with Gasteiger partial charge in [-0.2, -0.15) is 5.10 Å². The smallest absolute Gasteiger partial charge is 0.343 e. The van der Waals surface area contributed by atoms with E-state index >= 15 is 0 Å². The Bertz CT molecular complexity index is 1040. The van der Waals surface area contributed by atoms with Crippen LogP contribution in [-0.2, 0) is 0 Å². The van der Waals surface area contributed by atoms with Gasteiger partial charge in [-0.05, 0) is 62.7 Å². The van der Waals surface area contributed by atoms with Crippen LogP contribution < -0.4 is 19.6 Å². The van der Waals surface area contributed by atoms with Crippen molar-refractivity contribution in [1.29, 1.82) is 0 Å². The summed E-state index contributed by atoms with van der Waals surface area (Å²) in [5.41, 5.74) is 5.09. The number of thiazole rings is 1. The molecule has 0 atom stereocenters. The van der Waals surface area contributed by atoms with Gasteiger partial charge >= 0.3 is 5.97 Å². The third-order valence-electron chi connectivity index (χ3n) is 4.18. The van der Waals surface area contributed by atoms with Crippen LogP contribution in [0.5, 0.6) is 17.2 Å². The lowest BCUT2D eigenvalue weighted by molar-refractivity contribution is 0.0728. The molecule has 2 aromatic carbocycles. The van der Waals surface area contributed by atoms with E-state index in [4.69, 9.17) is 14.2 Å². The molecule has 0 aliphatic carbocycles. The van der Waals surface area contributed by atoms with E-state index in [0.29, 0.717) is 29.4 Å². The highest BCUT2D eigenvalue weighted by Crippen LogP contribution is 2.29. The van der Waals surface area contributed by atoms with Crippen molar-refractivity contribution in [3.05, 3.63) is 64.2 Å². The fraction of sp³-hybridized carbons (Fsp3) is 0.227. The van der Waals surface area contributed by atoms with Crippen LogP contribution in [0, 0.1) is 13.8 Å². The second-order valence-electron chi connectivity index (χ2n) is 6.29. The molecular weight excluding hydrogens is 402 g/mol. The predicted octanol–water partition coefficient (Wildman–Crippen LogP) is 4.83. The second-order valence-corrected chi connectivity index (χ2v) is 7.49. The summed E-state index contributed by atoms with van der Waals surface area (Å²) in [7, 11) is 1.55. The highest BCUT2D eigenvalue weighted by molar-refractivity contribution is 7.15. The lowest BCUT2D eigenvalue weighted by atomic mass is 10.2. The SMILES string of the molecule is CCOc1cc(C=NNc2nc(C)c(C)s2)ccc1OC(=O)c1cccc(OC)c1. The fourth-order valence-electron chi connectivity index (χ4n) is 2.55. The Morgan fingerprint density at radius 3 is 2.73 bits per heavy atom. The Morgan fingerprint density at radius 1 is 1.20 bits per heavy atom. The molecule has 0 amide bonds. The molecule has 1 aromatic heterocycles. The van der Waals surface area contributed by atoms with E-state index in [1.165, 1.54) is 0 Å². The van der Waals surface area contributed by atoms with Crippen LogP contribution in [-0.4, -0.2) is 30.9 Å². The number of methoxy groups -OCH3 is 1. The number of benzene rings is 2. The van der Waals surface area contributed by atoms with Gasteiger partial charge in [0.05, 0.1) is 31.2 Å². The molecule has 0 unspecified atom stereocenters. The molecule has 0 spiro atoms. The number of aromatic nitrogens is 1. The molecule has 0 bridgehead atoms. The first kappa shape index (κ1) is 21.3. The summed E-state index contributed by atoms with van der Waals surface area (Å²) in [4.78, 5) is 18.0. The largest absolute Gasteiger partial charge is 0.497 e. The van der Waals surface area contributed by atoms with Gasteiger partial charge in [-0.25, -0.2) is 9.78 Å². The van der Waals surface area contributed by atoms with Crippen LogP contribution in [0.2, 0.25) is 0 Å². The minimum atomic E-state index is -0.493. The topological polar surface area (TPSA) is 82.0 Å². The molecule has 0 aliphatic heterocycles. The molecule has 0 saturated carbocycles. The minimum Gasteiger partial charge on any atom is -0.497 e. The van der Waals surface area contributed by atoms with Crippen molar-refractivity contribution in [2.24, 2.45) is 5.10 Å². The summed E-state index contributed by atoms with van der Waals surface area (Å²) in [6.45, 7) is 6.27. The third kappa shape index (κ3) is 5.36. The van der Waals surface area contributed by atoms with E-state index in [9.17, 15) is 4.79 Å². The molecule has 0 aliphatic rings. The zero-order valence-electron chi connectivity index (χ0n) is 17.3. The highest BCUT2D eigenvalue weighted by Gasteiger charge is 2.14. The number of rotatable bonds is 8. The molecule has 8 heteroatoms. The maximum absolute atomic E-state index is 12.5. The molecule has 30 heavy (non-hydrogen) atoms. The average Bonchev–Trinajstić information content (AvgIpc) is 3.07. The number of carbonyl (C=O) groups excluding carboxylic acids is 1. The first-order valence-corrected chi connectivity index (χ1v) is 10.2. The van der Waals surface area contributed by atoms with Crippen LogP contribution in [0.25, 0.3) is 0 Å². The summed E-state index contributed by atoms with van der Waals surface area (Å²) in [5.74, 6) is 0.881. The maximum Gasteiger partial charge on any atom is 0.343 e. The Labute approximate surface area is 179 Å². The van der Waals surface area contributed by atoms with Crippen molar-refractivity contribution in [3.63, 3.8) is 0 Å². The van der Waals surface area contributed by atoms with Gasteiger partial charge in [0.25, 0.3) is 0 Å². The normalized spacial score (nSPS) is 10.8. The van der Waals surface area contributed by atoms with Crippen LogP contribution in [0.1, 0.15) is 33.4 Å². The van der Waals surface area contributed by atoms with E-state index in [-0.39, 0.29) is 0 Å². The predicted molar refractivity (Wildman–Crippen MR) is 118 cm³/mol. The average molecular weight is 426 g/mol. The summed E-state index contributed by atoms with van der Waals surface area (Å²) in [6, 6.07) is 12.0. The number of esters is 1. The van der Waals surface area contributed by atoms with Crippen LogP contribution in [0.4, 0.5) is 5.13 Å². The summed E-state index contributed by atoms with van der Waals surface area (Å²) < 4.78 is 16.3. The van der Waals surface area contributed by atoms with Gasteiger partial charge in [0.1, 0.15) is 5.75 Å². The summed E-state index contributed by atoms with van der Waals surface area (Å²) in [5, 5.41) is 4.95. The van der Waals surface area contributed by atoms with Gasteiger partial charge < -0.3 is 14.2 Å². The summed E-state index contributed by atoms with van der Waals surface area (Å²) in [6.07, 6.45) is 1.66. The van der Waals surface area contributed by atoms with Gasteiger partial charge in [-0.1, -0.05) is 6.07 Å². The second kappa shape index (κ2) is 9.89. The van der Waals surface area contributed by atoms with Crippen molar-refractivity contribution < 1.29 is 19.0 Å². The van der Waals surface area contributed by atoms with Crippen molar-refractivity contribution in [2.75, 3.05) is 19.1 Å². The number of carbonyl (C=O) groups is 1. The maximum atomic E-state index is 12.5. The Morgan fingerprint density at radius 2 is 2.03 bits per heavy atom. The monoisotopic (exact) mass is 425 g/mol. The molecule has 3 rings (SSSR count). The number of nitrogens with zero attached hydrogens (tertiary/aromatic N) is 2. The molecule has 3 aromatic rings. The van der Waals surface area contributed by atoms with Crippen LogP contribution >= 0.6 is 11.3 Å². The molecule has 0 radical (unpaired) electrons. The molecular formula is C22H23N3O4S. The van der Waals surface area contributed by atoms with E-state index in [1.807, 2.05) is 20.8 Å². The van der Waals surface area contributed by atoms with Gasteiger partial charge in [0.2, 0.25) is 5.13 Å².